The molecule has 5 nitrogen and oxygen atoms in total. The minimum absolute atomic E-state index is 0.0698. The van der Waals surface area contributed by atoms with Gasteiger partial charge in [0, 0.05) is 12.8 Å². The Morgan fingerprint density at radius 1 is 0.750 bits per heavy atom. The van der Waals surface area contributed by atoms with Gasteiger partial charge in [-0.1, -0.05) is 97.3 Å². The summed E-state index contributed by atoms with van der Waals surface area (Å²) in [6.07, 6.45) is 20.8. The van der Waals surface area contributed by atoms with E-state index in [0.29, 0.717) is 17.3 Å². The predicted octanol–water partition coefficient (Wildman–Crippen LogP) is 7.12. The fraction of sp³-hybridized carbons (Fsp3) is 0.926. The van der Waals surface area contributed by atoms with Gasteiger partial charge in [0.15, 0.2) is 6.10 Å². The summed E-state index contributed by atoms with van der Waals surface area (Å²) < 4.78 is 6.39. The van der Waals surface area contributed by atoms with E-state index in [4.69, 9.17) is 9.84 Å². The van der Waals surface area contributed by atoms with Crippen molar-refractivity contribution in [1.82, 2.24) is 0 Å². The van der Waals surface area contributed by atoms with Gasteiger partial charge in [-0.3, -0.25) is 9.59 Å². The van der Waals surface area contributed by atoms with Crippen molar-refractivity contribution in [2.75, 3.05) is 27.2 Å². The van der Waals surface area contributed by atoms with Gasteiger partial charge in [0.25, 0.3) is 0 Å². The van der Waals surface area contributed by atoms with Crippen LogP contribution in [0.1, 0.15) is 129 Å². The van der Waals surface area contributed by atoms with E-state index >= 15 is 0 Å². The third-order valence-corrected chi connectivity index (χ3v) is 6.32. The van der Waals surface area contributed by atoms with Crippen LogP contribution < -0.4 is 0 Å². The van der Waals surface area contributed by atoms with Crippen molar-refractivity contribution in [1.29, 1.82) is 0 Å². The van der Waals surface area contributed by atoms with Crippen molar-refractivity contribution in [3.63, 3.8) is 0 Å². The minimum Gasteiger partial charge on any atom is -0.481 e. The van der Waals surface area contributed by atoms with Crippen LogP contribution in [0.2, 0.25) is 0 Å². The molecule has 0 aliphatic carbocycles. The molecule has 190 valence electrons. The number of hydrogen-bond donors (Lipinski definition) is 1. The third kappa shape index (κ3) is 20.8. The molecule has 0 aromatic heterocycles. The van der Waals surface area contributed by atoms with Crippen LogP contribution in [0.4, 0.5) is 0 Å². The van der Waals surface area contributed by atoms with Crippen LogP contribution in [0.5, 0.6) is 0 Å². The van der Waals surface area contributed by atoms with Crippen molar-refractivity contribution in [3.8, 4) is 0 Å². The number of carboxylic acids is 1. The SMILES string of the molecule is CCCCCCCCCCCCCCCCC(C[N+](C)(C)CCCC(=O)O)OC(=O)CC. The zero-order valence-corrected chi connectivity index (χ0v) is 21.8. The quantitative estimate of drug-likeness (QED) is 0.101. The molecule has 0 aromatic carbocycles. The standard InChI is InChI=1S/C27H53NO4/c1-5-7-8-9-10-11-12-13-14-15-16-17-18-19-21-25(32-27(31)6-2)24-28(3,4)23-20-22-26(29)30/h25H,5-24H2,1-4H3/p+1. The molecule has 0 rings (SSSR count). The average molecular weight is 457 g/mol. The number of likely N-dealkylation sites (N-methyl/N-ethyl adjacent to an activating group) is 1. The number of unbranched alkanes of at least 4 members (excludes halogenated alkanes) is 13. The molecule has 0 amide bonds. The van der Waals surface area contributed by atoms with Gasteiger partial charge < -0.3 is 14.3 Å². The van der Waals surface area contributed by atoms with Crippen molar-refractivity contribution < 1.29 is 23.9 Å². The second kappa shape index (κ2) is 20.5. The van der Waals surface area contributed by atoms with Gasteiger partial charge in [-0.25, -0.2) is 0 Å². The maximum Gasteiger partial charge on any atom is 0.305 e. The molecule has 5 heteroatoms. The number of aliphatic carboxylic acids is 1. The molecule has 0 aliphatic rings. The average Bonchev–Trinajstić information content (AvgIpc) is 2.73. The Kier molecular flexibility index (Phi) is 19.8. The molecule has 1 unspecified atom stereocenters. The Bertz CT molecular complexity index is 465. The maximum atomic E-state index is 11.9. The summed E-state index contributed by atoms with van der Waals surface area (Å²) in [7, 11) is 4.19. The van der Waals surface area contributed by atoms with Crippen LogP contribution in [-0.2, 0) is 14.3 Å². The van der Waals surface area contributed by atoms with Crippen LogP contribution in [0.3, 0.4) is 0 Å². The van der Waals surface area contributed by atoms with E-state index in [1.54, 1.807) is 0 Å². The molecule has 0 aliphatic heterocycles. The van der Waals surface area contributed by atoms with E-state index in [2.05, 4.69) is 21.0 Å². The Morgan fingerprint density at radius 2 is 1.22 bits per heavy atom. The zero-order valence-electron chi connectivity index (χ0n) is 21.8. The molecule has 32 heavy (non-hydrogen) atoms. The fourth-order valence-electron chi connectivity index (χ4n) is 4.32. The maximum absolute atomic E-state index is 11.9. The van der Waals surface area contributed by atoms with Gasteiger partial charge in [0.05, 0.1) is 27.1 Å². The Hall–Kier alpha value is -1.10. The Balaban J connectivity index is 3.91. The van der Waals surface area contributed by atoms with Crippen LogP contribution in [0.25, 0.3) is 0 Å². The molecular formula is C27H54NO4+. The first-order chi connectivity index (χ1) is 15.3. The molecule has 0 bridgehead atoms. The highest BCUT2D eigenvalue weighted by Crippen LogP contribution is 2.16. The summed E-state index contributed by atoms with van der Waals surface area (Å²) in [5.41, 5.74) is 0. The van der Waals surface area contributed by atoms with Gasteiger partial charge in [0.1, 0.15) is 6.54 Å². The van der Waals surface area contributed by atoms with Crippen molar-refractivity contribution in [3.05, 3.63) is 0 Å². The molecule has 0 saturated heterocycles. The molecule has 1 atom stereocenters. The number of esters is 1. The minimum atomic E-state index is -0.749. The molecule has 0 saturated carbocycles. The molecule has 1 N–H and O–H groups in total. The molecule has 0 spiro atoms. The van der Waals surface area contributed by atoms with Crippen LogP contribution in [0.15, 0.2) is 0 Å². The number of ether oxygens (including phenoxy) is 1. The predicted molar refractivity (Wildman–Crippen MR) is 134 cm³/mol. The molecule has 0 heterocycles. The number of nitrogens with zero attached hydrogens (tertiary/aromatic N) is 1. The Labute approximate surface area is 198 Å². The lowest BCUT2D eigenvalue weighted by atomic mass is 10.0. The van der Waals surface area contributed by atoms with Crippen LogP contribution in [-0.4, -0.2) is 54.8 Å². The number of carbonyl (C=O) groups is 2. The zero-order chi connectivity index (χ0) is 24.1. The number of carboxylic acid groups (broad SMARTS) is 1. The molecule has 0 aromatic rings. The summed E-state index contributed by atoms with van der Waals surface area (Å²) in [4.78, 5) is 22.6. The van der Waals surface area contributed by atoms with E-state index in [9.17, 15) is 9.59 Å². The first kappa shape index (κ1) is 30.9. The summed E-state index contributed by atoms with van der Waals surface area (Å²) in [6.45, 7) is 5.64. The molecule has 0 radical (unpaired) electrons. The first-order valence-corrected chi connectivity index (χ1v) is 13.5. The number of rotatable bonds is 23. The lowest BCUT2D eigenvalue weighted by Gasteiger charge is -2.33. The molecule has 0 fully saturated rings. The summed E-state index contributed by atoms with van der Waals surface area (Å²) in [6, 6.07) is 0. The lowest BCUT2D eigenvalue weighted by Crippen LogP contribution is -2.47. The van der Waals surface area contributed by atoms with Gasteiger partial charge in [0.2, 0.25) is 0 Å². The summed E-state index contributed by atoms with van der Waals surface area (Å²) in [5, 5.41) is 8.86. The van der Waals surface area contributed by atoms with Gasteiger partial charge in [-0.2, -0.15) is 0 Å². The largest absolute Gasteiger partial charge is 0.481 e. The third-order valence-electron chi connectivity index (χ3n) is 6.32. The fourth-order valence-corrected chi connectivity index (χ4v) is 4.32. The van der Waals surface area contributed by atoms with E-state index in [-0.39, 0.29) is 18.5 Å². The number of hydrogen-bond acceptors (Lipinski definition) is 3. The van der Waals surface area contributed by atoms with Crippen molar-refractivity contribution in [2.24, 2.45) is 0 Å². The van der Waals surface area contributed by atoms with E-state index in [1.807, 2.05) is 6.92 Å². The van der Waals surface area contributed by atoms with Gasteiger partial charge in [-0.05, 0) is 12.8 Å². The first-order valence-electron chi connectivity index (χ1n) is 13.5. The smallest absolute Gasteiger partial charge is 0.305 e. The highest BCUT2D eigenvalue weighted by atomic mass is 16.5. The van der Waals surface area contributed by atoms with Gasteiger partial charge in [-0.15, -0.1) is 0 Å². The Morgan fingerprint density at radius 3 is 1.66 bits per heavy atom. The number of carbonyl (C=O) groups excluding carboxylic acids is 1. The summed E-state index contributed by atoms with van der Waals surface area (Å²) in [5.74, 6) is -0.882. The highest BCUT2D eigenvalue weighted by molar-refractivity contribution is 5.69. The topological polar surface area (TPSA) is 63.6 Å². The van der Waals surface area contributed by atoms with E-state index < -0.39 is 5.97 Å². The monoisotopic (exact) mass is 456 g/mol. The summed E-state index contributed by atoms with van der Waals surface area (Å²) >= 11 is 0. The highest BCUT2D eigenvalue weighted by Gasteiger charge is 2.24. The van der Waals surface area contributed by atoms with Crippen LogP contribution >= 0.6 is 0 Å². The number of quaternary nitrogens is 1. The van der Waals surface area contributed by atoms with Gasteiger partial charge >= 0.3 is 11.9 Å². The lowest BCUT2D eigenvalue weighted by molar-refractivity contribution is -0.893. The van der Waals surface area contributed by atoms with E-state index in [1.165, 1.54) is 83.5 Å². The van der Waals surface area contributed by atoms with Crippen LogP contribution in [0, 0.1) is 0 Å². The molecular weight excluding hydrogens is 402 g/mol. The second-order valence-electron chi connectivity index (χ2n) is 10.2. The second-order valence-corrected chi connectivity index (χ2v) is 10.2. The van der Waals surface area contributed by atoms with Crippen molar-refractivity contribution in [2.45, 2.75) is 136 Å². The normalized spacial score (nSPS) is 12.6. The van der Waals surface area contributed by atoms with Crippen molar-refractivity contribution >= 4 is 11.9 Å². The van der Waals surface area contributed by atoms with E-state index in [0.717, 1.165) is 25.9 Å².